The van der Waals surface area contributed by atoms with Gasteiger partial charge in [0.2, 0.25) is 5.91 Å². The summed E-state index contributed by atoms with van der Waals surface area (Å²) >= 11 is 5.99. The third kappa shape index (κ3) is 3.96. The van der Waals surface area contributed by atoms with E-state index in [-0.39, 0.29) is 16.6 Å². The number of hydrogen-bond donors (Lipinski definition) is 3. The first-order valence-electron chi connectivity index (χ1n) is 8.52. The van der Waals surface area contributed by atoms with Crippen LogP contribution < -0.4 is 16.4 Å². The molecule has 1 fully saturated rings. The molecule has 2 aromatic rings. The third-order valence-electron chi connectivity index (χ3n) is 4.55. The number of halogens is 1. The van der Waals surface area contributed by atoms with E-state index >= 15 is 0 Å². The maximum Gasteiger partial charge on any atom is 0.319 e. The fourth-order valence-corrected chi connectivity index (χ4v) is 3.52. The molecule has 9 heteroatoms. The van der Waals surface area contributed by atoms with Crippen molar-refractivity contribution in [2.24, 2.45) is 5.73 Å². The minimum Gasteiger partial charge on any atom is -0.366 e. The second-order valence-corrected chi connectivity index (χ2v) is 6.82. The van der Waals surface area contributed by atoms with Crippen LogP contribution in [-0.2, 0) is 0 Å². The first kappa shape index (κ1) is 18.2. The van der Waals surface area contributed by atoms with Crippen LogP contribution >= 0.6 is 11.6 Å². The second-order valence-electron chi connectivity index (χ2n) is 6.41. The minimum absolute atomic E-state index is 0.185. The number of benzene rings is 1. The summed E-state index contributed by atoms with van der Waals surface area (Å²) in [4.78, 5) is 23.5. The highest BCUT2D eigenvalue weighted by molar-refractivity contribution is 6.34. The zero-order valence-electron chi connectivity index (χ0n) is 14.4. The van der Waals surface area contributed by atoms with Crippen LogP contribution in [0.1, 0.15) is 60.9 Å². The van der Waals surface area contributed by atoms with Crippen LogP contribution in [0.4, 0.5) is 10.5 Å². The number of nitrogens with two attached hydrogens (primary N) is 1. The number of rotatable bonds is 5. The summed E-state index contributed by atoms with van der Waals surface area (Å²) in [6, 6.07) is 4.21. The van der Waals surface area contributed by atoms with Crippen LogP contribution in [0.5, 0.6) is 0 Å². The Hall–Kier alpha value is -2.61. The lowest BCUT2D eigenvalue weighted by Crippen LogP contribution is -2.33. The minimum atomic E-state index is -0.620. The number of aromatic nitrogens is 3. The van der Waals surface area contributed by atoms with Crippen LogP contribution in [0.15, 0.2) is 24.5 Å². The predicted octanol–water partition coefficient (Wildman–Crippen LogP) is 3.03. The summed E-state index contributed by atoms with van der Waals surface area (Å²) in [7, 11) is 0. The highest BCUT2D eigenvalue weighted by Gasteiger charge is 2.23. The van der Waals surface area contributed by atoms with Gasteiger partial charge in [0.25, 0.3) is 0 Å². The molecule has 1 heterocycles. The molecule has 1 saturated carbocycles. The lowest BCUT2D eigenvalue weighted by Gasteiger charge is -2.19. The van der Waals surface area contributed by atoms with Crippen LogP contribution in [0.25, 0.3) is 0 Å². The fourth-order valence-electron chi connectivity index (χ4n) is 3.25. The number of urea groups is 1. The summed E-state index contributed by atoms with van der Waals surface area (Å²) < 4.78 is 2.05. The van der Waals surface area contributed by atoms with E-state index in [0.29, 0.717) is 11.7 Å². The van der Waals surface area contributed by atoms with Gasteiger partial charge >= 0.3 is 6.03 Å². The fraction of sp³-hybridized carbons (Fsp3) is 0.412. The molecule has 1 aliphatic carbocycles. The summed E-state index contributed by atoms with van der Waals surface area (Å²) in [6.07, 6.45) is 6.34. The Bertz CT molecular complexity index is 815. The number of hydrogen-bond acceptors (Lipinski definition) is 4. The first-order chi connectivity index (χ1) is 12.5. The number of anilines is 1. The maximum atomic E-state index is 12.3. The summed E-state index contributed by atoms with van der Waals surface area (Å²) in [6.45, 7) is 1.86. The Labute approximate surface area is 156 Å². The average molecular weight is 377 g/mol. The quantitative estimate of drug-likeness (QED) is 0.743. The Balaban J connectivity index is 1.64. The molecule has 4 N–H and O–H groups in total. The van der Waals surface area contributed by atoms with Crippen molar-refractivity contribution < 1.29 is 9.59 Å². The number of nitrogens with zero attached hydrogens (tertiary/aromatic N) is 3. The van der Waals surface area contributed by atoms with Gasteiger partial charge in [0.05, 0.1) is 16.6 Å². The topological polar surface area (TPSA) is 115 Å². The Morgan fingerprint density at radius 2 is 2.08 bits per heavy atom. The largest absolute Gasteiger partial charge is 0.366 e. The molecule has 0 unspecified atom stereocenters. The highest BCUT2D eigenvalue weighted by atomic mass is 35.5. The summed E-state index contributed by atoms with van der Waals surface area (Å²) in [5, 5.41) is 13.9. The van der Waals surface area contributed by atoms with Crippen molar-refractivity contribution in [3.8, 4) is 0 Å². The molecule has 3 amide bonds. The van der Waals surface area contributed by atoms with Gasteiger partial charge in [-0.25, -0.2) is 4.79 Å². The van der Waals surface area contributed by atoms with E-state index in [1.807, 2.05) is 6.92 Å². The molecular weight excluding hydrogens is 356 g/mol. The van der Waals surface area contributed by atoms with Gasteiger partial charge in [0.1, 0.15) is 6.33 Å². The number of amides is 3. The van der Waals surface area contributed by atoms with Gasteiger partial charge in [-0.15, -0.1) is 10.2 Å². The molecule has 26 heavy (non-hydrogen) atoms. The van der Waals surface area contributed by atoms with E-state index in [1.54, 1.807) is 12.4 Å². The summed E-state index contributed by atoms with van der Waals surface area (Å²) in [5.74, 6) is 0.111. The predicted molar refractivity (Wildman–Crippen MR) is 98.1 cm³/mol. The van der Waals surface area contributed by atoms with E-state index < -0.39 is 11.9 Å². The maximum absolute atomic E-state index is 12.3. The van der Waals surface area contributed by atoms with Gasteiger partial charge in [0.15, 0.2) is 5.82 Å². The molecule has 1 aromatic carbocycles. The van der Waals surface area contributed by atoms with E-state index in [2.05, 4.69) is 25.4 Å². The van der Waals surface area contributed by atoms with Gasteiger partial charge in [0, 0.05) is 11.7 Å². The molecule has 138 valence electrons. The van der Waals surface area contributed by atoms with Gasteiger partial charge in [-0.05, 0) is 38.0 Å². The number of nitrogens with one attached hydrogen (secondary N) is 2. The molecule has 8 nitrogen and oxygen atoms in total. The number of carbonyl (C=O) groups is 2. The molecule has 3 rings (SSSR count). The van der Waals surface area contributed by atoms with E-state index in [1.165, 1.54) is 25.0 Å². The summed E-state index contributed by atoms with van der Waals surface area (Å²) in [5.41, 5.74) is 5.88. The average Bonchev–Trinajstić information content (AvgIpc) is 3.25. The van der Waals surface area contributed by atoms with Crippen molar-refractivity contribution in [2.45, 2.75) is 44.7 Å². The van der Waals surface area contributed by atoms with Crippen LogP contribution in [0.2, 0.25) is 5.02 Å². The molecule has 0 aliphatic heterocycles. The highest BCUT2D eigenvalue weighted by Crippen LogP contribution is 2.31. The molecule has 0 spiro atoms. The lowest BCUT2D eigenvalue weighted by atomic mass is 10.2. The number of carbonyl (C=O) groups excluding carboxylic acids is 2. The van der Waals surface area contributed by atoms with Crippen molar-refractivity contribution >= 4 is 29.2 Å². The molecule has 1 aromatic heterocycles. The molecule has 0 radical (unpaired) electrons. The van der Waals surface area contributed by atoms with E-state index in [0.717, 1.165) is 18.7 Å². The molecule has 1 atom stereocenters. The van der Waals surface area contributed by atoms with Crippen molar-refractivity contribution in [1.29, 1.82) is 0 Å². The van der Waals surface area contributed by atoms with Crippen molar-refractivity contribution in [3.63, 3.8) is 0 Å². The van der Waals surface area contributed by atoms with Gasteiger partial charge in [-0.3, -0.25) is 4.79 Å². The SMILES string of the molecule is C[C@@H](NC(=O)Nc1ccc(C(N)=O)c(Cl)c1)c1nncn1C1CCCC1. The van der Waals surface area contributed by atoms with Crippen molar-refractivity contribution in [3.05, 3.63) is 40.9 Å². The first-order valence-corrected chi connectivity index (χ1v) is 8.89. The molecule has 0 bridgehead atoms. The number of primary amides is 1. The van der Waals surface area contributed by atoms with Gasteiger partial charge in [-0.1, -0.05) is 24.4 Å². The normalized spacial score (nSPS) is 15.6. The Morgan fingerprint density at radius 1 is 1.35 bits per heavy atom. The zero-order chi connectivity index (χ0) is 18.7. The van der Waals surface area contributed by atoms with Gasteiger partial charge < -0.3 is 20.9 Å². The second kappa shape index (κ2) is 7.74. The Kier molecular flexibility index (Phi) is 5.41. The van der Waals surface area contributed by atoms with Crippen molar-refractivity contribution in [1.82, 2.24) is 20.1 Å². The standard InChI is InChI=1S/C17H21ClN6O2/c1-10(16-23-20-9-24(16)12-4-2-3-5-12)21-17(26)22-11-6-7-13(15(19)25)14(18)8-11/h6-10,12H,2-5H2,1H3,(H2,19,25)(H2,21,22,26)/t10-/m1/s1. The monoisotopic (exact) mass is 376 g/mol. The molecule has 0 saturated heterocycles. The van der Waals surface area contributed by atoms with Crippen LogP contribution in [-0.4, -0.2) is 26.7 Å². The van der Waals surface area contributed by atoms with Crippen LogP contribution in [0.3, 0.4) is 0 Å². The third-order valence-corrected chi connectivity index (χ3v) is 4.86. The van der Waals surface area contributed by atoms with Gasteiger partial charge in [-0.2, -0.15) is 0 Å². The van der Waals surface area contributed by atoms with Crippen LogP contribution in [0, 0.1) is 0 Å². The molecular formula is C17H21ClN6O2. The Morgan fingerprint density at radius 3 is 2.73 bits per heavy atom. The van der Waals surface area contributed by atoms with E-state index in [4.69, 9.17) is 17.3 Å². The zero-order valence-corrected chi connectivity index (χ0v) is 15.2. The molecule has 1 aliphatic rings. The van der Waals surface area contributed by atoms with Crippen molar-refractivity contribution in [2.75, 3.05) is 5.32 Å². The smallest absolute Gasteiger partial charge is 0.319 e. The lowest BCUT2D eigenvalue weighted by molar-refractivity contribution is 0.100. The van der Waals surface area contributed by atoms with E-state index in [9.17, 15) is 9.59 Å².